The lowest BCUT2D eigenvalue weighted by Gasteiger charge is -2.12. The van der Waals surface area contributed by atoms with Crippen LogP contribution in [0.5, 0.6) is 0 Å². The summed E-state index contributed by atoms with van der Waals surface area (Å²) in [7, 11) is 0. The van der Waals surface area contributed by atoms with Crippen molar-refractivity contribution < 1.29 is 0 Å². The van der Waals surface area contributed by atoms with Crippen LogP contribution in [0.1, 0.15) is 22.8 Å². The minimum absolute atomic E-state index is 0.713. The molecule has 0 atom stereocenters. The molecule has 0 unspecified atom stereocenters. The van der Waals surface area contributed by atoms with E-state index in [-0.39, 0.29) is 0 Å². The molecule has 9 rings (SSSR count). The quantitative estimate of drug-likeness (QED) is 0.187. The molecule has 7 aromatic rings. The normalized spacial score (nSPS) is 12.0. The Labute approximate surface area is 289 Å². The molecule has 0 spiro atoms. The topological polar surface area (TPSA) is 87.7 Å². The van der Waals surface area contributed by atoms with Crippen LogP contribution in [-0.4, -0.2) is 19.1 Å². The summed E-state index contributed by atoms with van der Waals surface area (Å²) in [6.45, 7) is 0. The first kappa shape index (κ1) is 29.2. The molecule has 6 heteroatoms. The standard InChI is InChI=1S/C44H32N6/c45-31-11-17-35(18-12-31)49-37-21-25-41(49)43(29-7-3-1-4-8-29)39-23-15-33(47-39)27-38-22-26-42(50(38)36-19-13-32(46)14-20-36)44(30-9-5-2-6-10-30)40-24-16-34(28-37)48-40/h1-28H,45-46H2. The van der Waals surface area contributed by atoms with E-state index in [4.69, 9.17) is 21.4 Å². The Balaban J connectivity index is 1.47. The predicted molar refractivity (Wildman–Crippen MR) is 209 cm³/mol. The summed E-state index contributed by atoms with van der Waals surface area (Å²) >= 11 is 0. The summed E-state index contributed by atoms with van der Waals surface area (Å²) in [6, 6.07) is 49.8. The SMILES string of the molecule is Nc1ccc(-n2c3ccc2c(-c2ccccc2)c2nc(cc4ccc(c(-c5ccccc5)c5nc(c3)C=C5)n4-c3ccc(N)cc3)C=C2)cc1. The Morgan fingerprint density at radius 3 is 1.20 bits per heavy atom. The van der Waals surface area contributed by atoms with E-state index in [1.54, 1.807) is 0 Å². The molecular formula is C44H32N6. The molecule has 0 fully saturated rings. The minimum atomic E-state index is 0.713. The smallest absolute Gasteiger partial charge is 0.0737 e. The van der Waals surface area contributed by atoms with Gasteiger partial charge in [-0.05, 0) is 120 Å². The lowest BCUT2D eigenvalue weighted by molar-refractivity contribution is 1.16. The molecule has 0 amide bonds. The molecule has 2 aliphatic rings. The third kappa shape index (κ3) is 5.16. The number of aromatic nitrogens is 4. The number of hydrogen-bond donors (Lipinski definition) is 2. The predicted octanol–water partition coefficient (Wildman–Crippen LogP) is 10.1. The molecular weight excluding hydrogens is 613 g/mol. The van der Waals surface area contributed by atoms with E-state index in [0.717, 1.165) is 78.5 Å². The van der Waals surface area contributed by atoms with Gasteiger partial charge in [0.15, 0.2) is 0 Å². The number of nitrogens with zero attached hydrogens (tertiary/aromatic N) is 4. The van der Waals surface area contributed by atoms with E-state index in [2.05, 4.69) is 143 Å². The van der Waals surface area contributed by atoms with Crippen LogP contribution in [-0.2, 0) is 0 Å². The van der Waals surface area contributed by atoms with Crippen LogP contribution in [0.2, 0.25) is 0 Å². The fourth-order valence-corrected chi connectivity index (χ4v) is 6.91. The van der Waals surface area contributed by atoms with Crippen molar-refractivity contribution in [3.05, 3.63) is 168 Å². The summed E-state index contributed by atoms with van der Waals surface area (Å²) in [5.74, 6) is 0. The molecule has 4 aromatic carbocycles. The van der Waals surface area contributed by atoms with E-state index in [0.29, 0.717) is 11.4 Å². The first-order valence-corrected chi connectivity index (χ1v) is 16.6. The molecule has 0 saturated carbocycles. The number of hydrogen-bond acceptors (Lipinski definition) is 4. The van der Waals surface area contributed by atoms with Gasteiger partial charge in [-0.1, -0.05) is 60.7 Å². The Morgan fingerprint density at radius 2 is 0.800 bits per heavy atom. The Hall–Kier alpha value is -6.92. The molecule has 2 aliphatic heterocycles. The van der Waals surface area contributed by atoms with E-state index in [1.807, 2.05) is 36.4 Å². The largest absolute Gasteiger partial charge is 0.399 e. The van der Waals surface area contributed by atoms with Gasteiger partial charge in [-0.15, -0.1) is 0 Å². The second kappa shape index (κ2) is 12.0. The highest BCUT2D eigenvalue weighted by Gasteiger charge is 2.17. The second-order valence-corrected chi connectivity index (χ2v) is 12.4. The summed E-state index contributed by atoms with van der Waals surface area (Å²) in [4.78, 5) is 10.5. The highest BCUT2D eigenvalue weighted by Crippen LogP contribution is 2.36. The van der Waals surface area contributed by atoms with Crippen molar-refractivity contribution in [1.29, 1.82) is 0 Å². The van der Waals surface area contributed by atoms with Crippen molar-refractivity contribution in [2.45, 2.75) is 0 Å². The van der Waals surface area contributed by atoms with Crippen LogP contribution in [0.25, 0.3) is 80.0 Å². The molecule has 4 N–H and O–H groups in total. The summed E-state index contributed by atoms with van der Waals surface area (Å²) in [5, 5.41) is 0. The van der Waals surface area contributed by atoms with Crippen molar-refractivity contribution in [2.75, 3.05) is 11.5 Å². The van der Waals surface area contributed by atoms with E-state index >= 15 is 0 Å². The van der Waals surface area contributed by atoms with Gasteiger partial charge in [0.25, 0.3) is 0 Å². The average molecular weight is 645 g/mol. The van der Waals surface area contributed by atoms with Crippen molar-refractivity contribution >= 4 is 57.7 Å². The lowest BCUT2D eigenvalue weighted by Crippen LogP contribution is -1.97. The molecule has 0 radical (unpaired) electrons. The summed E-state index contributed by atoms with van der Waals surface area (Å²) in [5.41, 5.74) is 27.4. The van der Waals surface area contributed by atoms with Gasteiger partial charge in [-0.25, -0.2) is 9.97 Å². The van der Waals surface area contributed by atoms with Crippen molar-refractivity contribution in [1.82, 2.24) is 19.1 Å². The van der Waals surface area contributed by atoms with Gasteiger partial charge in [-0.3, -0.25) is 0 Å². The van der Waals surface area contributed by atoms with Crippen molar-refractivity contribution in [3.63, 3.8) is 0 Å². The summed E-state index contributed by atoms with van der Waals surface area (Å²) in [6.07, 6.45) is 8.40. The minimum Gasteiger partial charge on any atom is -0.399 e. The van der Waals surface area contributed by atoms with Crippen LogP contribution in [0.4, 0.5) is 11.4 Å². The fourth-order valence-electron chi connectivity index (χ4n) is 6.91. The molecule has 238 valence electrons. The third-order valence-electron chi connectivity index (χ3n) is 9.19. The zero-order chi connectivity index (χ0) is 33.6. The van der Waals surface area contributed by atoms with E-state index < -0.39 is 0 Å². The third-order valence-corrected chi connectivity index (χ3v) is 9.19. The number of nitrogen functional groups attached to an aromatic ring is 2. The zero-order valence-electron chi connectivity index (χ0n) is 27.1. The van der Waals surface area contributed by atoms with Crippen LogP contribution in [0, 0.1) is 0 Å². The molecule has 0 aliphatic carbocycles. The van der Waals surface area contributed by atoms with Gasteiger partial charge in [0.05, 0.1) is 33.8 Å². The van der Waals surface area contributed by atoms with Crippen LogP contribution in [0.15, 0.2) is 146 Å². The number of anilines is 2. The zero-order valence-corrected chi connectivity index (χ0v) is 27.1. The van der Waals surface area contributed by atoms with Gasteiger partial charge in [0.2, 0.25) is 0 Å². The lowest BCUT2D eigenvalue weighted by atomic mass is 10.0. The van der Waals surface area contributed by atoms with E-state index in [1.165, 1.54) is 0 Å². The van der Waals surface area contributed by atoms with Crippen LogP contribution < -0.4 is 11.5 Å². The second-order valence-electron chi connectivity index (χ2n) is 12.4. The van der Waals surface area contributed by atoms with Gasteiger partial charge < -0.3 is 20.6 Å². The maximum atomic E-state index is 6.15. The summed E-state index contributed by atoms with van der Waals surface area (Å²) < 4.78 is 4.53. The number of benzene rings is 4. The Morgan fingerprint density at radius 1 is 0.400 bits per heavy atom. The van der Waals surface area contributed by atoms with Gasteiger partial charge in [0.1, 0.15) is 0 Å². The number of fused-ring (bicyclic) bond motifs is 8. The monoisotopic (exact) mass is 644 g/mol. The average Bonchev–Trinajstić information content (AvgIpc) is 3.96. The molecule has 5 heterocycles. The highest BCUT2D eigenvalue weighted by atomic mass is 15.0. The Kier molecular flexibility index (Phi) is 6.99. The molecule has 3 aromatic heterocycles. The molecule has 6 nitrogen and oxygen atoms in total. The van der Waals surface area contributed by atoms with Gasteiger partial charge in [-0.2, -0.15) is 0 Å². The molecule has 8 bridgehead atoms. The van der Waals surface area contributed by atoms with Crippen LogP contribution >= 0.6 is 0 Å². The fraction of sp³-hybridized carbons (Fsp3) is 0. The van der Waals surface area contributed by atoms with Crippen molar-refractivity contribution in [3.8, 4) is 33.6 Å². The first-order valence-electron chi connectivity index (χ1n) is 16.6. The molecule has 0 saturated heterocycles. The van der Waals surface area contributed by atoms with Gasteiger partial charge >= 0.3 is 0 Å². The highest BCUT2D eigenvalue weighted by molar-refractivity contribution is 5.95. The maximum Gasteiger partial charge on any atom is 0.0737 e. The maximum absolute atomic E-state index is 6.15. The molecule has 50 heavy (non-hydrogen) atoms. The Bertz CT molecular complexity index is 2440. The van der Waals surface area contributed by atoms with Crippen LogP contribution in [0.3, 0.4) is 0 Å². The van der Waals surface area contributed by atoms with E-state index in [9.17, 15) is 0 Å². The van der Waals surface area contributed by atoms with Gasteiger partial charge in [0, 0.05) is 44.9 Å². The number of nitrogens with two attached hydrogens (primary N) is 2. The number of rotatable bonds is 4. The first-order chi connectivity index (χ1) is 24.6. The van der Waals surface area contributed by atoms with Crippen molar-refractivity contribution in [2.24, 2.45) is 0 Å².